The second-order valence-corrected chi connectivity index (χ2v) is 7.29. The molecule has 0 aromatic heterocycles. The van der Waals surface area contributed by atoms with E-state index in [2.05, 4.69) is 10.6 Å². The number of sulfonamides is 1. The molecule has 2 atom stereocenters. The van der Waals surface area contributed by atoms with Crippen LogP contribution in [0, 0.1) is 5.92 Å². The highest BCUT2D eigenvalue weighted by atomic mass is 32.2. The van der Waals surface area contributed by atoms with Gasteiger partial charge in [-0.1, -0.05) is 0 Å². The summed E-state index contributed by atoms with van der Waals surface area (Å²) in [4.78, 5) is 12.0. The molecule has 0 aliphatic carbocycles. The summed E-state index contributed by atoms with van der Waals surface area (Å²) >= 11 is 0. The van der Waals surface area contributed by atoms with Crippen molar-refractivity contribution in [2.75, 3.05) is 32.4 Å². The van der Waals surface area contributed by atoms with Gasteiger partial charge in [0.25, 0.3) is 0 Å². The van der Waals surface area contributed by atoms with Gasteiger partial charge in [0.05, 0.1) is 11.7 Å². The lowest BCUT2D eigenvalue weighted by molar-refractivity contribution is -0.126. The Balaban J connectivity index is 2.53. The van der Waals surface area contributed by atoms with Gasteiger partial charge in [-0.2, -0.15) is 0 Å². The summed E-state index contributed by atoms with van der Waals surface area (Å²) in [5.74, 6) is -0.171. The number of hydrogen-bond donors (Lipinski definition) is 2. The van der Waals surface area contributed by atoms with Crippen LogP contribution in [0.25, 0.3) is 0 Å². The Morgan fingerprint density at radius 1 is 1.47 bits per heavy atom. The van der Waals surface area contributed by atoms with Crippen molar-refractivity contribution in [3.05, 3.63) is 0 Å². The molecule has 6 nitrogen and oxygen atoms in total. The number of carbonyl (C=O) groups is 1. The second-order valence-electron chi connectivity index (χ2n) is 5.03. The van der Waals surface area contributed by atoms with Crippen molar-refractivity contribution < 1.29 is 13.2 Å². The first-order chi connectivity index (χ1) is 8.90. The first-order valence-corrected chi connectivity index (χ1v) is 8.44. The zero-order valence-electron chi connectivity index (χ0n) is 12.0. The minimum absolute atomic E-state index is 0.0434. The third-order valence-electron chi connectivity index (χ3n) is 3.59. The molecule has 19 heavy (non-hydrogen) atoms. The molecule has 1 saturated heterocycles. The number of rotatable bonds is 6. The van der Waals surface area contributed by atoms with E-state index in [1.807, 2.05) is 14.0 Å². The molecule has 0 aromatic carbocycles. The predicted octanol–water partition coefficient (Wildman–Crippen LogP) is -0.228. The van der Waals surface area contributed by atoms with Crippen LogP contribution in [0.1, 0.15) is 26.7 Å². The molecule has 0 radical (unpaired) electrons. The molecule has 1 aliphatic heterocycles. The number of carbonyl (C=O) groups excluding carboxylic acids is 1. The Kier molecular flexibility index (Phi) is 6.22. The fraction of sp³-hybridized carbons (Fsp3) is 0.917. The Morgan fingerprint density at radius 3 is 2.74 bits per heavy atom. The van der Waals surface area contributed by atoms with Crippen LogP contribution < -0.4 is 10.6 Å². The van der Waals surface area contributed by atoms with Crippen molar-refractivity contribution in [2.45, 2.75) is 32.7 Å². The van der Waals surface area contributed by atoms with Crippen molar-refractivity contribution in [1.82, 2.24) is 14.9 Å². The summed E-state index contributed by atoms with van der Waals surface area (Å²) in [6.45, 7) is 5.03. The molecule has 0 aromatic rings. The van der Waals surface area contributed by atoms with E-state index in [4.69, 9.17) is 0 Å². The van der Waals surface area contributed by atoms with Gasteiger partial charge in [0.15, 0.2) is 0 Å². The van der Waals surface area contributed by atoms with Gasteiger partial charge in [-0.05, 0) is 33.7 Å². The fourth-order valence-electron chi connectivity index (χ4n) is 2.09. The van der Waals surface area contributed by atoms with Crippen molar-refractivity contribution in [3.63, 3.8) is 0 Å². The highest BCUT2D eigenvalue weighted by Gasteiger charge is 2.31. The zero-order chi connectivity index (χ0) is 14.5. The van der Waals surface area contributed by atoms with Gasteiger partial charge in [-0.25, -0.2) is 12.7 Å². The maximum absolute atomic E-state index is 12.0. The van der Waals surface area contributed by atoms with Crippen LogP contribution in [0.5, 0.6) is 0 Å². The first-order valence-electron chi connectivity index (χ1n) is 6.83. The average molecular weight is 291 g/mol. The highest BCUT2D eigenvalue weighted by Crippen LogP contribution is 2.19. The van der Waals surface area contributed by atoms with Gasteiger partial charge in [0.1, 0.15) is 0 Å². The number of nitrogens with one attached hydrogen (secondary N) is 2. The second kappa shape index (κ2) is 7.21. The molecule has 1 heterocycles. The zero-order valence-corrected chi connectivity index (χ0v) is 12.8. The van der Waals surface area contributed by atoms with E-state index >= 15 is 0 Å². The monoisotopic (exact) mass is 291 g/mol. The van der Waals surface area contributed by atoms with Crippen LogP contribution in [0.2, 0.25) is 0 Å². The Labute approximate surface area is 116 Å². The number of likely N-dealkylation sites (N-methyl/N-ethyl adjacent to an activating group) is 1. The molecular formula is C12H25N3O3S. The van der Waals surface area contributed by atoms with Crippen LogP contribution in [0.15, 0.2) is 0 Å². The van der Waals surface area contributed by atoms with E-state index in [1.54, 1.807) is 6.92 Å². The lowest BCUT2D eigenvalue weighted by Gasteiger charge is -2.31. The van der Waals surface area contributed by atoms with E-state index in [0.29, 0.717) is 19.6 Å². The van der Waals surface area contributed by atoms with Gasteiger partial charge in [-0.15, -0.1) is 0 Å². The summed E-state index contributed by atoms with van der Waals surface area (Å²) in [6, 6.07) is 0.211. The van der Waals surface area contributed by atoms with Gasteiger partial charge >= 0.3 is 0 Å². The van der Waals surface area contributed by atoms with Gasteiger partial charge in [-0.3, -0.25) is 4.79 Å². The minimum atomic E-state index is -3.18. The van der Waals surface area contributed by atoms with Gasteiger partial charge in [0.2, 0.25) is 15.9 Å². The molecule has 1 fully saturated rings. The van der Waals surface area contributed by atoms with Crippen LogP contribution in [-0.4, -0.2) is 57.1 Å². The summed E-state index contributed by atoms with van der Waals surface area (Å²) in [7, 11) is -1.34. The van der Waals surface area contributed by atoms with Crippen molar-refractivity contribution in [1.29, 1.82) is 0 Å². The van der Waals surface area contributed by atoms with Crippen LogP contribution in [0.4, 0.5) is 0 Å². The van der Waals surface area contributed by atoms with Crippen LogP contribution >= 0.6 is 0 Å². The van der Waals surface area contributed by atoms with Crippen molar-refractivity contribution in [2.24, 2.45) is 5.92 Å². The van der Waals surface area contributed by atoms with Crippen molar-refractivity contribution in [3.8, 4) is 0 Å². The smallest absolute Gasteiger partial charge is 0.224 e. The third-order valence-corrected chi connectivity index (χ3v) is 5.44. The molecule has 0 spiro atoms. The molecule has 1 aliphatic rings. The molecule has 0 bridgehead atoms. The van der Waals surface area contributed by atoms with Crippen LogP contribution in [-0.2, 0) is 14.8 Å². The quantitative estimate of drug-likeness (QED) is 0.709. The fourth-order valence-corrected chi connectivity index (χ4v) is 3.27. The molecule has 112 valence electrons. The normalized spacial score (nSPS) is 23.0. The maximum Gasteiger partial charge on any atom is 0.224 e. The molecule has 7 heteroatoms. The molecule has 1 amide bonds. The molecule has 2 unspecified atom stereocenters. The molecule has 2 N–H and O–H groups in total. The summed E-state index contributed by atoms with van der Waals surface area (Å²) in [5, 5.41) is 5.91. The lowest BCUT2D eigenvalue weighted by Crippen LogP contribution is -2.47. The topological polar surface area (TPSA) is 78.5 Å². The largest absolute Gasteiger partial charge is 0.354 e. The minimum Gasteiger partial charge on any atom is -0.354 e. The van der Waals surface area contributed by atoms with Crippen LogP contribution in [0.3, 0.4) is 0 Å². The first kappa shape index (κ1) is 16.4. The number of nitrogens with zero attached hydrogens (tertiary/aromatic N) is 1. The molecule has 0 saturated carbocycles. The number of hydrogen-bond acceptors (Lipinski definition) is 4. The highest BCUT2D eigenvalue weighted by molar-refractivity contribution is 7.89. The summed E-state index contributed by atoms with van der Waals surface area (Å²) in [5.41, 5.74) is 0. The predicted molar refractivity (Wildman–Crippen MR) is 75.3 cm³/mol. The van der Waals surface area contributed by atoms with E-state index in [0.717, 1.165) is 12.8 Å². The van der Waals surface area contributed by atoms with Gasteiger partial charge in [0, 0.05) is 25.7 Å². The molecule has 1 rings (SSSR count). The SMILES string of the molecule is CCS(=O)(=O)N1CCCC(C(=O)NCC(C)NC)C1. The Bertz CT molecular complexity index is 397. The third kappa shape index (κ3) is 4.74. The summed E-state index contributed by atoms with van der Waals surface area (Å²) in [6.07, 6.45) is 1.51. The molecular weight excluding hydrogens is 266 g/mol. The maximum atomic E-state index is 12.0. The summed E-state index contributed by atoms with van der Waals surface area (Å²) < 4.78 is 25.1. The number of piperidine rings is 1. The lowest BCUT2D eigenvalue weighted by atomic mass is 9.99. The van der Waals surface area contributed by atoms with Crippen molar-refractivity contribution >= 4 is 15.9 Å². The number of amides is 1. The Hall–Kier alpha value is -0.660. The van der Waals surface area contributed by atoms with Gasteiger partial charge < -0.3 is 10.6 Å². The van der Waals surface area contributed by atoms with E-state index < -0.39 is 10.0 Å². The average Bonchev–Trinajstić information content (AvgIpc) is 2.44. The Morgan fingerprint density at radius 2 is 2.16 bits per heavy atom. The standard InChI is InChI=1S/C12H25N3O3S/c1-4-19(17,18)15-7-5-6-11(9-15)12(16)14-8-10(2)13-3/h10-11,13H,4-9H2,1-3H3,(H,14,16). The van der Waals surface area contributed by atoms with E-state index in [9.17, 15) is 13.2 Å². The van der Waals surface area contributed by atoms with E-state index in [1.165, 1.54) is 4.31 Å². The van der Waals surface area contributed by atoms with E-state index in [-0.39, 0.29) is 23.6 Å².